The molecule has 1 N–H and O–H groups in total. The molecule has 0 unspecified atom stereocenters. The summed E-state index contributed by atoms with van der Waals surface area (Å²) in [5.74, 6) is 1.79. The third-order valence-electron chi connectivity index (χ3n) is 3.84. The topological polar surface area (TPSA) is 80.5 Å². The maximum Gasteiger partial charge on any atom is 0.317 e. The Morgan fingerprint density at radius 3 is 2.68 bits per heavy atom. The monoisotopic (exact) mass is 346 g/mol. The van der Waals surface area contributed by atoms with E-state index in [-0.39, 0.29) is 18.7 Å². The van der Waals surface area contributed by atoms with Gasteiger partial charge in [0.1, 0.15) is 12.3 Å². The largest absolute Gasteiger partial charge is 0.490 e. The number of hydrogen-bond donors (Lipinski definition) is 1. The number of urea groups is 1. The summed E-state index contributed by atoms with van der Waals surface area (Å²) in [6.45, 7) is 6.69. The van der Waals surface area contributed by atoms with Crippen LogP contribution in [-0.4, -0.2) is 34.3 Å². The molecule has 136 valence electrons. The van der Waals surface area contributed by atoms with Gasteiger partial charge in [-0.25, -0.2) is 4.79 Å². The summed E-state index contributed by atoms with van der Waals surface area (Å²) < 4.78 is 11.3. The van der Waals surface area contributed by atoms with Gasteiger partial charge < -0.3 is 19.4 Å². The first-order chi connectivity index (χ1) is 12.0. The van der Waals surface area contributed by atoms with E-state index in [2.05, 4.69) is 22.4 Å². The number of hydrogen-bond acceptors (Lipinski definition) is 5. The Morgan fingerprint density at radius 1 is 1.28 bits per heavy atom. The van der Waals surface area contributed by atoms with Crippen LogP contribution in [0.15, 0.2) is 28.7 Å². The number of amides is 2. The number of carbonyl (C=O) groups excluding carboxylic acids is 1. The summed E-state index contributed by atoms with van der Waals surface area (Å²) >= 11 is 0. The lowest BCUT2D eigenvalue weighted by atomic mass is 10.2. The van der Waals surface area contributed by atoms with Gasteiger partial charge in [-0.2, -0.15) is 0 Å². The van der Waals surface area contributed by atoms with Crippen molar-refractivity contribution in [3.8, 4) is 5.75 Å². The number of carbonyl (C=O) groups is 1. The number of para-hydroxylation sites is 1. The molecule has 2 rings (SSSR count). The van der Waals surface area contributed by atoms with Gasteiger partial charge >= 0.3 is 6.03 Å². The van der Waals surface area contributed by atoms with Crippen LogP contribution in [0.3, 0.4) is 0 Å². The summed E-state index contributed by atoms with van der Waals surface area (Å²) in [6, 6.07) is 7.51. The van der Waals surface area contributed by atoms with Gasteiger partial charge in [-0.1, -0.05) is 32.0 Å². The fourth-order valence-corrected chi connectivity index (χ4v) is 2.14. The van der Waals surface area contributed by atoms with E-state index in [0.29, 0.717) is 24.7 Å². The van der Waals surface area contributed by atoms with Crippen LogP contribution < -0.4 is 10.1 Å². The molecule has 0 saturated carbocycles. The Labute approximate surface area is 148 Å². The molecule has 1 aromatic carbocycles. The maximum atomic E-state index is 12.3. The second-order valence-electron chi connectivity index (χ2n) is 5.90. The van der Waals surface area contributed by atoms with E-state index in [1.165, 1.54) is 4.90 Å². The predicted molar refractivity (Wildman–Crippen MR) is 94.2 cm³/mol. The zero-order chi connectivity index (χ0) is 18.2. The van der Waals surface area contributed by atoms with E-state index < -0.39 is 0 Å². The minimum atomic E-state index is -0.213. The van der Waals surface area contributed by atoms with Crippen LogP contribution in [0.2, 0.25) is 0 Å². The molecule has 1 aromatic heterocycles. The van der Waals surface area contributed by atoms with Crippen molar-refractivity contribution in [1.82, 2.24) is 20.4 Å². The van der Waals surface area contributed by atoms with Crippen molar-refractivity contribution in [2.75, 3.05) is 7.05 Å². The number of nitrogens with zero attached hydrogens (tertiary/aromatic N) is 3. The lowest BCUT2D eigenvalue weighted by Gasteiger charge is -2.18. The summed E-state index contributed by atoms with van der Waals surface area (Å²) in [6.07, 6.45) is 1.73. The quantitative estimate of drug-likeness (QED) is 0.794. The highest BCUT2D eigenvalue weighted by Crippen LogP contribution is 2.20. The highest BCUT2D eigenvalue weighted by molar-refractivity contribution is 5.73. The van der Waals surface area contributed by atoms with Crippen LogP contribution in [-0.2, 0) is 19.5 Å². The molecular formula is C18H26N4O3. The fourth-order valence-electron chi connectivity index (χ4n) is 2.14. The Morgan fingerprint density at radius 2 is 2.00 bits per heavy atom. The number of rotatable bonds is 8. The number of benzene rings is 1. The van der Waals surface area contributed by atoms with Gasteiger partial charge in [0, 0.05) is 25.6 Å². The van der Waals surface area contributed by atoms with Crippen molar-refractivity contribution >= 4 is 6.03 Å². The lowest BCUT2D eigenvalue weighted by molar-refractivity contribution is 0.200. The number of ether oxygens (including phenoxy) is 1. The fraction of sp³-hybridized carbons (Fsp3) is 0.500. The minimum absolute atomic E-state index is 0.129. The lowest BCUT2D eigenvalue weighted by Crippen LogP contribution is -2.36. The van der Waals surface area contributed by atoms with E-state index in [4.69, 9.17) is 9.15 Å². The Bertz CT molecular complexity index is 686. The summed E-state index contributed by atoms with van der Waals surface area (Å²) in [5, 5.41) is 10.7. The first kappa shape index (κ1) is 18.8. The van der Waals surface area contributed by atoms with Crippen LogP contribution in [0.4, 0.5) is 4.79 Å². The molecular weight excluding hydrogens is 320 g/mol. The molecule has 0 radical (unpaired) electrons. The number of aromatic nitrogens is 2. The van der Waals surface area contributed by atoms with Gasteiger partial charge in [0.15, 0.2) is 0 Å². The molecule has 1 atom stereocenters. The molecule has 0 aliphatic carbocycles. The zero-order valence-corrected chi connectivity index (χ0v) is 15.3. The zero-order valence-electron chi connectivity index (χ0n) is 15.3. The van der Waals surface area contributed by atoms with Gasteiger partial charge in [-0.05, 0) is 19.4 Å². The highest BCUT2D eigenvalue weighted by Gasteiger charge is 2.14. The molecule has 0 bridgehead atoms. The van der Waals surface area contributed by atoms with Gasteiger partial charge in [0.05, 0.1) is 6.10 Å². The molecule has 0 aliphatic heterocycles. The highest BCUT2D eigenvalue weighted by atomic mass is 16.5. The van der Waals surface area contributed by atoms with Gasteiger partial charge in [-0.15, -0.1) is 10.2 Å². The van der Waals surface area contributed by atoms with Gasteiger partial charge in [0.2, 0.25) is 11.8 Å². The first-order valence-corrected chi connectivity index (χ1v) is 8.58. The third-order valence-corrected chi connectivity index (χ3v) is 3.84. The number of aryl methyl sites for hydroxylation is 1. The van der Waals surface area contributed by atoms with E-state index in [0.717, 1.165) is 17.7 Å². The van der Waals surface area contributed by atoms with E-state index in [1.54, 1.807) is 7.05 Å². The van der Waals surface area contributed by atoms with Crippen LogP contribution in [0, 0.1) is 0 Å². The molecule has 7 heteroatoms. The van der Waals surface area contributed by atoms with Crippen LogP contribution in [0.25, 0.3) is 0 Å². The average Bonchev–Trinajstić information content (AvgIpc) is 3.08. The predicted octanol–water partition coefficient (Wildman–Crippen LogP) is 3.15. The molecule has 0 spiro atoms. The van der Waals surface area contributed by atoms with Crippen molar-refractivity contribution in [3.63, 3.8) is 0 Å². The number of nitrogens with one attached hydrogen (secondary N) is 1. The molecule has 7 nitrogen and oxygen atoms in total. The second-order valence-corrected chi connectivity index (χ2v) is 5.90. The average molecular weight is 346 g/mol. The van der Waals surface area contributed by atoms with E-state index in [1.807, 2.05) is 38.1 Å². The van der Waals surface area contributed by atoms with Crippen LogP contribution in [0.5, 0.6) is 5.75 Å². The van der Waals surface area contributed by atoms with E-state index >= 15 is 0 Å². The molecule has 0 saturated heterocycles. The van der Waals surface area contributed by atoms with Gasteiger partial charge in [0.25, 0.3) is 0 Å². The Balaban J connectivity index is 1.90. The van der Waals surface area contributed by atoms with Crippen LogP contribution >= 0.6 is 0 Å². The molecule has 2 amide bonds. The SMILES string of the molecule is CCc1nnc(CN(C)C(=O)NCc2ccccc2O[C@H](C)CC)o1. The third kappa shape index (κ3) is 5.48. The molecule has 2 aromatic rings. The van der Waals surface area contributed by atoms with Crippen LogP contribution in [0.1, 0.15) is 44.5 Å². The second kappa shape index (κ2) is 9.05. The molecule has 0 fully saturated rings. The minimum Gasteiger partial charge on any atom is -0.490 e. The Kier molecular flexibility index (Phi) is 6.80. The van der Waals surface area contributed by atoms with Gasteiger partial charge in [-0.3, -0.25) is 0 Å². The molecule has 25 heavy (non-hydrogen) atoms. The van der Waals surface area contributed by atoms with Crippen molar-refractivity contribution in [3.05, 3.63) is 41.6 Å². The van der Waals surface area contributed by atoms with Crippen molar-refractivity contribution in [1.29, 1.82) is 0 Å². The summed E-state index contributed by atoms with van der Waals surface area (Å²) in [4.78, 5) is 13.8. The van der Waals surface area contributed by atoms with Crippen molar-refractivity contribution < 1.29 is 13.9 Å². The van der Waals surface area contributed by atoms with E-state index in [9.17, 15) is 4.79 Å². The van der Waals surface area contributed by atoms with Crippen molar-refractivity contribution in [2.45, 2.75) is 52.8 Å². The summed E-state index contributed by atoms with van der Waals surface area (Å²) in [7, 11) is 1.69. The summed E-state index contributed by atoms with van der Waals surface area (Å²) in [5.41, 5.74) is 0.940. The maximum absolute atomic E-state index is 12.3. The van der Waals surface area contributed by atoms with Crippen molar-refractivity contribution in [2.24, 2.45) is 0 Å². The normalized spacial score (nSPS) is 11.8. The first-order valence-electron chi connectivity index (χ1n) is 8.58. The smallest absolute Gasteiger partial charge is 0.317 e. The standard InChI is InChI=1S/C18H26N4O3/c1-5-13(3)24-15-10-8-7-9-14(15)11-19-18(23)22(4)12-17-21-20-16(6-2)25-17/h7-10,13H,5-6,11-12H2,1-4H3,(H,19,23)/t13-/m1/s1. The molecule has 1 heterocycles. The Hall–Kier alpha value is -2.57. The molecule has 0 aliphatic rings.